The van der Waals surface area contributed by atoms with Crippen LogP contribution in [-0.2, 0) is 6.54 Å². The summed E-state index contributed by atoms with van der Waals surface area (Å²) in [4.78, 5) is 18.2. The fraction of sp³-hybridized carbons (Fsp3) is 0.200. The number of hydrogen-bond donors (Lipinski definition) is 1. The van der Waals surface area contributed by atoms with Gasteiger partial charge in [0.25, 0.3) is 0 Å². The second kappa shape index (κ2) is 7.13. The molecule has 1 atom stereocenters. The number of nitrogens with zero attached hydrogens (tertiary/aromatic N) is 2. The van der Waals surface area contributed by atoms with Crippen LogP contribution in [0.4, 0.5) is 4.79 Å². The maximum atomic E-state index is 12.5. The molecule has 0 fully saturated rings. The van der Waals surface area contributed by atoms with Gasteiger partial charge in [0.05, 0.1) is 6.04 Å². The van der Waals surface area contributed by atoms with E-state index in [1.807, 2.05) is 44.3 Å². The Balaban J connectivity index is 1.70. The molecular weight excluding hydrogens is 298 g/mol. The summed E-state index contributed by atoms with van der Waals surface area (Å²) in [5.74, 6) is 0. The Morgan fingerprint density at radius 1 is 1.08 bits per heavy atom. The van der Waals surface area contributed by atoms with Gasteiger partial charge in [-0.1, -0.05) is 42.5 Å². The zero-order valence-electron chi connectivity index (χ0n) is 13.9. The summed E-state index contributed by atoms with van der Waals surface area (Å²) in [5, 5.41) is 5.39. The van der Waals surface area contributed by atoms with E-state index in [-0.39, 0.29) is 12.1 Å². The van der Waals surface area contributed by atoms with Crippen LogP contribution in [0.5, 0.6) is 0 Å². The third-order valence-corrected chi connectivity index (χ3v) is 4.18. The number of urea groups is 1. The lowest BCUT2D eigenvalue weighted by molar-refractivity contribution is 0.203. The number of hydrogen-bond acceptors (Lipinski definition) is 2. The van der Waals surface area contributed by atoms with E-state index < -0.39 is 0 Å². The fourth-order valence-corrected chi connectivity index (χ4v) is 2.79. The summed E-state index contributed by atoms with van der Waals surface area (Å²) in [6, 6.07) is 18.1. The highest BCUT2D eigenvalue weighted by molar-refractivity contribution is 5.86. The molecule has 0 saturated carbocycles. The van der Waals surface area contributed by atoms with Gasteiger partial charge in [-0.05, 0) is 41.0 Å². The minimum absolute atomic E-state index is 0.0598. The lowest BCUT2D eigenvalue weighted by atomic mass is 10.0. The summed E-state index contributed by atoms with van der Waals surface area (Å²) < 4.78 is 0. The first-order chi connectivity index (χ1) is 11.6. The van der Waals surface area contributed by atoms with Gasteiger partial charge in [-0.15, -0.1) is 0 Å². The molecule has 0 aliphatic carbocycles. The topological polar surface area (TPSA) is 45.2 Å². The first-order valence-electron chi connectivity index (χ1n) is 8.03. The van der Waals surface area contributed by atoms with Crippen molar-refractivity contribution >= 4 is 16.8 Å². The highest BCUT2D eigenvalue weighted by Gasteiger charge is 2.14. The van der Waals surface area contributed by atoms with Gasteiger partial charge in [0.15, 0.2) is 0 Å². The lowest BCUT2D eigenvalue weighted by Gasteiger charge is -2.22. The van der Waals surface area contributed by atoms with Gasteiger partial charge in [-0.25, -0.2) is 4.79 Å². The molecule has 122 valence electrons. The average Bonchev–Trinajstić information content (AvgIpc) is 2.62. The van der Waals surface area contributed by atoms with Crippen molar-refractivity contribution in [1.82, 2.24) is 15.2 Å². The minimum atomic E-state index is -0.0905. The van der Waals surface area contributed by atoms with Crippen LogP contribution in [0.2, 0.25) is 0 Å². The van der Waals surface area contributed by atoms with E-state index in [1.54, 1.807) is 17.3 Å². The van der Waals surface area contributed by atoms with Crippen molar-refractivity contribution in [2.24, 2.45) is 0 Å². The first-order valence-corrected chi connectivity index (χ1v) is 8.03. The van der Waals surface area contributed by atoms with Gasteiger partial charge < -0.3 is 10.2 Å². The van der Waals surface area contributed by atoms with Gasteiger partial charge >= 0.3 is 6.03 Å². The van der Waals surface area contributed by atoms with E-state index in [9.17, 15) is 4.79 Å². The summed E-state index contributed by atoms with van der Waals surface area (Å²) >= 11 is 0. The van der Waals surface area contributed by atoms with Crippen molar-refractivity contribution in [2.75, 3.05) is 7.05 Å². The molecule has 0 aliphatic rings. The normalized spacial score (nSPS) is 11.9. The molecule has 24 heavy (non-hydrogen) atoms. The van der Waals surface area contributed by atoms with Crippen LogP contribution in [0.15, 0.2) is 67.0 Å². The number of nitrogens with one attached hydrogen (secondary N) is 1. The van der Waals surface area contributed by atoms with Crippen molar-refractivity contribution in [2.45, 2.75) is 19.5 Å². The Bertz CT molecular complexity index is 827. The first kappa shape index (κ1) is 16.0. The van der Waals surface area contributed by atoms with E-state index in [4.69, 9.17) is 0 Å². The predicted molar refractivity (Wildman–Crippen MR) is 96.6 cm³/mol. The largest absolute Gasteiger partial charge is 0.331 e. The van der Waals surface area contributed by atoms with Gasteiger partial charge in [-0.2, -0.15) is 0 Å². The van der Waals surface area contributed by atoms with Crippen LogP contribution in [0.25, 0.3) is 10.8 Å². The minimum Gasteiger partial charge on any atom is -0.331 e. The zero-order chi connectivity index (χ0) is 16.9. The van der Waals surface area contributed by atoms with E-state index >= 15 is 0 Å². The number of rotatable bonds is 4. The second-order valence-corrected chi connectivity index (χ2v) is 5.95. The molecule has 1 N–H and O–H groups in total. The Kier molecular flexibility index (Phi) is 4.75. The molecule has 1 unspecified atom stereocenters. The molecule has 2 amide bonds. The van der Waals surface area contributed by atoms with Crippen molar-refractivity contribution in [1.29, 1.82) is 0 Å². The van der Waals surface area contributed by atoms with Crippen molar-refractivity contribution in [3.63, 3.8) is 0 Å². The molecule has 0 spiro atoms. The van der Waals surface area contributed by atoms with E-state index in [1.165, 1.54) is 10.8 Å². The zero-order valence-corrected chi connectivity index (χ0v) is 13.9. The number of aromatic nitrogens is 1. The standard InChI is InChI=1S/C20H21N3O/c1-15(16-10-12-21-13-11-16)22-20(24)23(2)14-18-8-5-7-17-6-3-4-9-19(17)18/h3-13,15H,14H2,1-2H3,(H,22,24). The number of pyridine rings is 1. The van der Waals surface area contributed by atoms with Crippen LogP contribution in [-0.4, -0.2) is 23.0 Å². The van der Waals surface area contributed by atoms with Gasteiger partial charge in [0.2, 0.25) is 0 Å². The third kappa shape index (κ3) is 3.54. The fourth-order valence-electron chi connectivity index (χ4n) is 2.79. The van der Waals surface area contributed by atoms with Crippen LogP contribution < -0.4 is 5.32 Å². The summed E-state index contributed by atoms with van der Waals surface area (Å²) in [6.45, 7) is 2.54. The highest BCUT2D eigenvalue weighted by atomic mass is 16.2. The quantitative estimate of drug-likeness (QED) is 0.785. The number of benzene rings is 2. The number of carbonyl (C=O) groups is 1. The van der Waals surface area contributed by atoms with Crippen LogP contribution >= 0.6 is 0 Å². The maximum absolute atomic E-state index is 12.5. The molecule has 0 radical (unpaired) electrons. The SMILES string of the molecule is CC(NC(=O)N(C)Cc1cccc2ccccc12)c1ccncc1. The van der Waals surface area contributed by atoms with Crippen molar-refractivity contribution in [3.8, 4) is 0 Å². The van der Waals surface area contributed by atoms with Crippen LogP contribution in [0.3, 0.4) is 0 Å². The van der Waals surface area contributed by atoms with Crippen molar-refractivity contribution in [3.05, 3.63) is 78.1 Å². The van der Waals surface area contributed by atoms with Gasteiger partial charge in [0, 0.05) is 26.0 Å². The Labute approximate surface area is 142 Å². The van der Waals surface area contributed by atoms with E-state index in [2.05, 4.69) is 34.6 Å². The second-order valence-electron chi connectivity index (χ2n) is 5.95. The molecule has 0 saturated heterocycles. The lowest BCUT2D eigenvalue weighted by Crippen LogP contribution is -2.38. The third-order valence-electron chi connectivity index (χ3n) is 4.18. The summed E-state index contributed by atoms with van der Waals surface area (Å²) in [7, 11) is 1.82. The van der Waals surface area contributed by atoms with E-state index in [0.717, 1.165) is 11.1 Å². The maximum Gasteiger partial charge on any atom is 0.317 e. The molecule has 1 heterocycles. The number of fused-ring (bicyclic) bond motifs is 1. The smallest absolute Gasteiger partial charge is 0.317 e. The number of carbonyl (C=O) groups excluding carboxylic acids is 1. The molecule has 0 bridgehead atoms. The van der Waals surface area contributed by atoms with Crippen LogP contribution in [0.1, 0.15) is 24.1 Å². The Morgan fingerprint density at radius 3 is 2.58 bits per heavy atom. The summed E-state index contributed by atoms with van der Waals surface area (Å²) in [6.07, 6.45) is 3.47. The molecule has 0 aliphatic heterocycles. The molecule has 1 aromatic heterocycles. The highest BCUT2D eigenvalue weighted by Crippen LogP contribution is 2.20. The van der Waals surface area contributed by atoms with E-state index in [0.29, 0.717) is 6.54 Å². The van der Waals surface area contributed by atoms with Gasteiger partial charge in [-0.3, -0.25) is 4.98 Å². The predicted octanol–water partition coefficient (Wildman–Crippen LogP) is 4.14. The van der Waals surface area contributed by atoms with Crippen molar-refractivity contribution < 1.29 is 4.79 Å². The molecule has 3 aromatic rings. The molecule has 2 aromatic carbocycles. The summed E-state index contributed by atoms with van der Waals surface area (Å²) in [5.41, 5.74) is 2.18. The van der Waals surface area contributed by atoms with Gasteiger partial charge in [0.1, 0.15) is 0 Å². The Hall–Kier alpha value is -2.88. The monoisotopic (exact) mass is 319 g/mol. The molecule has 3 rings (SSSR count). The number of amides is 2. The van der Waals surface area contributed by atoms with Crippen LogP contribution in [0, 0.1) is 0 Å². The average molecular weight is 319 g/mol. The molecule has 4 nitrogen and oxygen atoms in total. The molecule has 4 heteroatoms. The molecular formula is C20H21N3O. The Morgan fingerprint density at radius 2 is 1.79 bits per heavy atom.